The summed E-state index contributed by atoms with van der Waals surface area (Å²) < 4.78 is 0. The molecular weight excluding hydrogens is 338 g/mol. The molecule has 0 aliphatic carbocycles. The molecule has 0 aliphatic rings. The molecule has 136 valence electrons. The van der Waals surface area contributed by atoms with Crippen LogP contribution in [0.1, 0.15) is 29.3 Å². The molecule has 0 fully saturated rings. The fraction of sp³-hybridized carbons (Fsp3) is 0.0909. The van der Waals surface area contributed by atoms with Crippen LogP contribution in [0, 0.1) is 0 Å². The number of anilines is 1. The van der Waals surface area contributed by atoms with Crippen molar-refractivity contribution >= 4 is 34.0 Å². The van der Waals surface area contributed by atoms with E-state index in [1.165, 1.54) is 0 Å². The van der Waals surface area contributed by atoms with Gasteiger partial charge in [-0.15, -0.1) is 0 Å². The topological polar surface area (TPSA) is 70.2 Å². The van der Waals surface area contributed by atoms with Gasteiger partial charge in [0.15, 0.2) is 0 Å². The second kappa shape index (κ2) is 8.19. The summed E-state index contributed by atoms with van der Waals surface area (Å²) in [6, 6.07) is 20.7. The molecule has 0 atom stereocenters. The molecule has 0 aromatic heterocycles. The SMILES string of the molecule is C=C(NNC(=O)c1ccc(NC(=O)CC)cc1)c1ccc2ccccc2c1. The molecule has 0 unspecified atom stereocenters. The molecule has 0 heterocycles. The Hall–Kier alpha value is -3.60. The lowest BCUT2D eigenvalue weighted by molar-refractivity contribution is -0.115. The number of rotatable bonds is 6. The van der Waals surface area contributed by atoms with Crippen LogP contribution in [0.15, 0.2) is 73.3 Å². The van der Waals surface area contributed by atoms with Crippen molar-refractivity contribution in [3.05, 3.63) is 84.4 Å². The highest BCUT2D eigenvalue weighted by Crippen LogP contribution is 2.18. The highest BCUT2D eigenvalue weighted by atomic mass is 16.2. The van der Waals surface area contributed by atoms with Crippen LogP contribution in [0.5, 0.6) is 0 Å². The number of hydrogen-bond donors (Lipinski definition) is 3. The number of carbonyl (C=O) groups is 2. The Morgan fingerprint density at radius 3 is 2.22 bits per heavy atom. The van der Waals surface area contributed by atoms with Crippen molar-refractivity contribution in [3.8, 4) is 0 Å². The minimum atomic E-state index is -0.287. The Kier molecular flexibility index (Phi) is 5.52. The fourth-order valence-corrected chi connectivity index (χ4v) is 2.61. The van der Waals surface area contributed by atoms with E-state index in [2.05, 4.69) is 22.7 Å². The maximum Gasteiger partial charge on any atom is 0.269 e. The van der Waals surface area contributed by atoms with E-state index in [-0.39, 0.29) is 11.8 Å². The summed E-state index contributed by atoms with van der Waals surface area (Å²) in [4.78, 5) is 23.7. The summed E-state index contributed by atoms with van der Waals surface area (Å²) in [5, 5.41) is 5.00. The van der Waals surface area contributed by atoms with E-state index >= 15 is 0 Å². The number of hydrogen-bond acceptors (Lipinski definition) is 3. The lowest BCUT2D eigenvalue weighted by Gasteiger charge is -2.12. The summed E-state index contributed by atoms with van der Waals surface area (Å²) in [5.41, 5.74) is 8.12. The fourth-order valence-electron chi connectivity index (χ4n) is 2.61. The van der Waals surface area contributed by atoms with Gasteiger partial charge in [0.1, 0.15) is 0 Å². The zero-order valence-electron chi connectivity index (χ0n) is 15.1. The quantitative estimate of drug-likeness (QED) is 0.581. The standard InChI is InChI=1S/C22H21N3O2/c1-3-21(26)23-20-12-10-17(11-13-20)22(27)25-24-15(2)18-9-8-16-6-4-5-7-19(16)14-18/h4-14,24H,2-3H2,1H3,(H,23,26)(H,25,27). The molecule has 0 aliphatic heterocycles. The normalized spacial score (nSPS) is 10.3. The van der Waals surface area contributed by atoms with E-state index in [1.54, 1.807) is 31.2 Å². The van der Waals surface area contributed by atoms with Gasteiger partial charge >= 0.3 is 0 Å². The van der Waals surface area contributed by atoms with Gasteiger partial charge < -0.3 is 5.32 Å². The van der Waals surface area contributed by atoms with Crippen LogP contribution in [0.3, 0.4) is 0 Å². The maximum atomic E-state index is 12.3. The molecule has 3 aromatic carbocycles. The molecule has 3 rings (SSSR count). The molecular formula is C22H21N3O2. The Labute approximate surface area is 158 Å². The predicted octanol–water partition coefficient (Wildman–Crippen LogP) is 4.09. The third-order valence-corrected chi connectivity index (χ3v) is 4.18. The van der Waals surface area contributed by atoms with Gasteiger partial charge in [-0.2, -0.15) is 0 Å². The first kappa shape index (κ1) is 18.2. The van der Waals surface area contributed by atoms with E-state index in [0.717, 1.165) is 16.3 Å². The van der Waals surface area contributed by atoms with Crippen LogP contribution in [0.25, 0.3) is 16.5 Å². The van der Waals surface area contributed by atoms with Crippen LogP contribution in [0.4, 0.5) is 5.69 Å². The number of carbonyl (C=O) groups excluding carboxylic acids is 2. The Bertz CT molecular complexity index is 994. The molecule has 2 amide bonds. The van der Waals surface area contributed by atoms with Gasteiger partial charge in [-0.1, -0.05) is 49.9 Å². The molecule has 27 heavy (non-hydrogen) atoms. The van der Waals surface area contributed by atoms with Gasteiger partial charge in [-0.3, -0.25) is 20.4 Å². The highest BCUT2D eigenvalue weighted by molar-refractivity contribution is 5.96. The maximum absolute atomic E-state index is 12.3. The Balaban J connectivity index is 1.60. The summed E-state index contributed by atoms with van der Waals surface area (Å²) in [7, 11) is 0. The molecule has 5 heteroatoms. The lowest BCUT2D eigenvalue weighted by Crippen LogP contribution is -2.35. The highest BCUT2D eigenvalue weighted by Gasteiger charge is 2.07. The minimum Gasteiger partial charge on any atom is -0.326 e. The predicted molar refractivity (Wildman–Crippen MR) is 109 cm³/mol. The first-order valence-electron chi connectivity index (χ1n) is 8.71. The molecule has 3 N–H and O–H groups in total. The van der Waals surface area contributed by atoms with E-state index < -0.39 is 0 Å². The molecule has 0 saturated carbocycles. The summed E-state index contributed by atoms with van der Waals surface area (Å²) in [5.74, 6) is -0.356. The van der Waals surface area contributed by atoms with Gasteiger partial charge in [0.25, 0.3) is 5.91 Å². The smallest absolute Gasteiger partial charge is 0.269 e. The van der Waals surface area contributed by atoms with Crippen LogP contribution in [-0.4, -0.2) is 11.8 Å². The monoisotopic (exact) mass is 359 g/mol. The lowest BCUT2D eigenvalue weighted by atomic mass is 10.1. The minimum absolute atomic E-state index is 0.0689. The van der Waals surface area contributed by atoms with Crippen molar-refractivity contribution in [1.29, 1.82) is 0 Å². The van der Waals surface area contributed by atoms with Crippen molar-refractivity contribution in [2.24, 2.45) is 0 Å². The van der Waals surface area contributed by atoms with E-state index in [1.807, 2.05) is 42.5 Å². The van der Waals surface area contributed by atoms with E-state index in [4.69, 9.17) is 0 Å². The summed E-state index contributed by atoms with van der Waals surface area (Å²) in [6.07, 6.45) is 0.406. The summed E-state index contributed by atoms with van der Waals surface area (Å²) >= 11 is 0. The molecule has 0 radical (unpaired) electrons. The third kappa shape index (κ3) is 4.52. The molecule has 0 saturated heterocycles. The Morgan fingerprint density at radius 1 is 0.852 bits per heavy atom. The van der Waals surface area contributed by atoms with Crippen molar-refractivity contribution < 1.29 is 9.59 Å². The van der Waals surface area contributed by atoms with Crippen molar-refractivity contribution in [1.82, 2.24) is 10.9 Å². The first-order chi connectivity index (χ1) is 13.1. The van der Waals surface area contributed by atoms with Gasteiger partial charge in [0, 0.05) is 17.7 Å². The first-order valence-corrected chi connectivity index (χ1v) is 8.71. The van der Waals surface area contributed by atoms with Crippen molar-refractivity contribution in [2.45, 2.75) is 13.3 Å². The zero-order valence-corrected chi connectivity index (χ0v) is 15.1. The van der Waals surface area contributed by atoms with Gasteiger partial charge in [0.2, 0.25) is 5.91 Å². The van der Waals surface area contributed by atoms with Gasteiger partial charge in [-0.25, -0.2) is 0 Å². The third-order valence-electron chi connectivity index (χ3n) is 4.18. The van der Waals surface area contributed by atoms with Crippen molar-refractivity contribution in [2.75, 3.05) is 5.32 Å². The van der Waals surface area contributed by atoms with Crippen LogP contribution >= 0.6 is 0 Å². The number of nitrogens with one attached hydrogen (secondary N) is 3. The van der Waals surface area contributed by atoms with Crippen LogP contribution in [0.2, 0.25) is 0 Å². The molecule has 0 spiro atoms. The molecule has 0 bridgehead atoms. The Morgan fingerprint density at radius 2 is 1.52 bits per heavy atom. The molecule has 5 nitrogen and oxygen atoms in total. The number of fused-ring (bicyclic) bond motifs is 1. The van der Waals surface area contributed by atoms with E-state index in [9.17, 15) is 9.59 Å². The summed E-state index contributed by atoms with van der Waals surface area (Å²) in [6.45, 7) is 5.76. The average molecular weight is 359 g/mol. The van der Waals surface area contributed by atoms with E-state index in [0.29, 0.717) is 23.4 Å². The molecule has 3 aromatic rings. The van der Waals surface area contributed by atoms with Crippen LogP contribution < -0.4 is 16.2 Å². The van der Waals surface area contributed by atoms with Gasteiger partial charge in [-0.05, 0) is 46.7 Å². The zero-order chi connectivity index (χ0) is 19.2. The van der Waals surface area contributed by atoms with Crippen LogP contribution in [-0.2, 0) is 4.79 Å². The van der Waals surface area contributed by atoms with Crippen molar-refractivity contribution in [3.63, 3.8) is 0 Å². The van der Waals surface area contributed by atoms with Gasteiger partial charge in [0.05, 0.1) is 5.70 Å². The number of amides is 2. The number of hydrazine groups is 1. The average Bonchev–Trinajstić information content (AvgIpc) is 2.71. The second-order valence-corrected chi connectivity index (χ2v) is 6.10. The number of benzene rings is 3. The second-order valence-electron chi connectivity index (χ2n) is 6.10. The largest absolute Gasteiger partial charge is 0.326 e.